The van der Waals surface area contributed by atoms with E-state index in [0.717, 1.165) is 75.7 Å². The number of allylic oxidation sites excluding steroid dienone is 1. The number of carboxylic acids is 2. The van der Waals surface area contributed by atoms with Crippen LogP contribution in [0.25, 0.3) is 0 Å². The van der Waals surface area contributed by atoms with Crippen molar-refractivity contribution in [2.45, 2.75) is 323 Å². The van der Waals surface area contributed by atoms with Gasteiger partial charge in [0.15, 0.2) is 12.6 Å². The van der Waals surface area contributed by atoms with Crippen molar-refractivity contribution in [2.24, 2.45) is 0 Å². The lowest BCUT2D eigenvalue weighted by atomic mass is 9.80. The Labute approximate surface area is 665 Å². The Kier molecular flexibility index (Phi) is 39.5. The van der Waals surface area contributed by atoms with Gasteiger partial charge < -0.3 is 120 Å². The highest BCUT2D eigenvalue weighted by Crippen LogP contribution is 2.50. The maximum Gasteiger partial charge on any atom is 0.364 e. The molecule has 18 atom stereocenters. The number of aliphatic carboxylic acids is 1. The van der Waals surface area contributed by atoms with Crippen LogP contribution in [0.1, 0.15) is 250 Å². The Bertz CT molecular complexity index is 3360. The Morgan fingerprint density at radius 3 is 1.63 bits per heavy atom. The van der Waals surface area contributed by atoms with Gasteiger partial charge in [-0.25, -0.2) is 9.59 Å². The molecule has 0 bridgehead atoms. The van der Waals surface area contributed by atoms with Crippen LogP contribution in [0.2, 0.25) is 0 Å². The van der Waals surface area contributed by atoms with Gasteiger partial charge in [0.25, 0.3) is 11.7 Å². The molecule has 0 unspecified atom stereocenters. The molecular weight excluding hydrogens is 1460 g/mol. The van der Waals surface area contributed by atoms with Gasteiger partial charge in [0, 0.05) is 101 Å². The fraction of sp³-hybridized carbons (Fsp3) is 0.702. The molecule has 4 heterocycles. The van der Waals surface area contributed by atoms with E-state index in [1.165, 1.54) is 121 Å². The number of ether oxygens (including phenoxy) is 7. The second kappa shape index (κ2) is 47.7. The number of unbranched alkanes of at least 4 members (excludes halogenated alkanes) is 25. The smallest absolute Gasteiger partial charge is 0.364 e. The van der Waals surface area contributed by atoms with Crippen LogP contribution in [0.4, 0.5) is 11.4 Å². The lowest BCUT2D eigenvalue weighted by Gasteiger charge is -2.50. The predicted octanol–water partition coefficient (Wildman–Crippen LogP) is 7.72. The topological polar surface area (TPSA) is 435 Å². The summed E-state index contributed by atoms with van der Waals surface area (Å²) in [4.78, 5) is 70.8. The van der Waals surface area contributed by atoms with Crippen molar-refractivity contribution in [3.63, 3.8) is 0 Å². The van der Waals surface area contributed by atoms with Crippen LogP contribution in [-0.4, -0.2) is 255 Å². The molecule has 0 aromatic heterocycles. The monoisotopic (exact) mass is 1590 g/mol. The fourth-order valence-corrected chi connectivity index (χ4v) is 15.3. The molecule has 4 aliphatic heterocycles. The zero-order valence-corrected chi connectivity index (χ0v) is 67.2. The minimum absolute atomic E-state index is 0.177. The third kappa shape index (κ3) is 27.3. The number of fused-ring (bicyclic) bond motifs is 2. The van der Waals surface area contributed by atoms with Crippen LogP contribution in [0.15, 0.2) is 66.7 Å². The normalized spacial score (nSPS) is 25.5. The largest absolute Gasteiger partial charge is 0.478 e. The first kappa shape index (κ1) is 93.7. The van der Waals surface area contributed by atoms with Gasteiger partial charge in [0.2, 0.25) is 11.8 Å². The first-order valence-electron chi connectivity index (χ1n) is 41.2. The molecule has 3 aromatic rings. The summed E-state index contributed by atoms with van der Waals surface area (Å²) in [7, 11) is 7.46. The number of carboxylic acid groups (broad SMARTS) is 2. The fourth-order valence-electron chi connectivity index (χ4n) is 15.3. The number of carbonyl (C=O) groups excluding carboxylic acids is 3. The summed E-state index contributed by atoms with van der Waals surface area (Å²) < 4.78 is 42.0. The molecule has 636 valence electrons. The number of hydrogen-bond acceptors (Lipinski definition) is 24. The number of amides is 3. The lowest BCUT2D eigenvalue weighted by Crippen LogP contribution is -2.71. The standard InChI is InChI=1S/C84H131N5O24/c1-8-10-12-14-16-18-20-22-23-25-27-29-31-33-35-37-68(96)87-60(61(93)36-34-32-30-28-26-24-21-19-17-15-13-11-9-2)51-107-81-74(100)73(99)76(67(50-91)110-81)111-82-75(101)78(72(98)66(49-90)109-82)113-84(83(105)106)47-62(94)70(86-52(3)92)77(112-84)71(97)63(95)48-85-79(102)53-38-41-56(59(44-53)80(103)104)69-57-42-39-54(88(4)5)45-64(57)108-65-46-55(89(6)7)40-43-58(65)69/h34,36,38-46,60-63,66-67,69-78,81-82,90-91,93-95,97-101H,8-33,35,37,47-51H2,1-7H3,(H,85,102)(H,86,92)(H,87,96)(H,103,104)(H,105,106)/b36-34+/t60-,61+,62-,63+,66+,67+,70+,71+,72-,73+,74+,75+,76+,77+,78-,81+,82-,84-/m0/s1. The van der Waals surface area contributed by atoms with Gasteiger partial charge in [-0.3, -0.25) is 14.4 Å². The van der Waals surface area contributed by atoms with Crippen LogP contribution in [0.3, 0.4) is 0 Å². The minimum Gasteiger partial charge on any atom is -0.478 e. The molecule has 29 nitrogen and oxygen atoms in total. The first-order valence-corrected chi connectivity index (χ1v) is 41.2. The summed E-state index contributed by atoms with van der Waals surface area (Å²) >= 11 is 0. The van der Waals surface area contributed by atoms with Crippen LogP contribution in [0.5, 0.6) is 11.5 Å². The van der Waals surface area contributed by atoms with Gasteiger partial charge in [-0.15, -0.1) is 0 Å². The number of benzene rings is 3. The Morgan fingerprint density at radius 2 is 1.12 bits per heavy atom. The molecule has 113 heavy (non-hydrogen) atoms. The lowest BCUT2D eigenvalue weighted by molar-refractivity contribution is -0.386. The number of aliphatic hydroxyl groups excluding tert-OH is 10. The maximum atomic E-state index is 14.0. The molecule has 0 radical (unpaired) electrons. The molecule has 3 amide bonds. The van der Waals surface area contributed by atoms with Crippen molar-refractivity contribution in [2.75, 3.05) is 64.4 Å². The number of nitrogens with one attached hydrogen (secondary N) is 3. The minimum atomic E-state index is -3.23. The number of aromatic carboxylic acids is 1. The Hall–Kier alpha value is -6.49. The van der Waals surface area contributed by atoms with Gasteiger partial charge in [0.1, 0.15) is 72.5 Å². The maximum absolute atomic E-state index is 14.0. The predicted molar refractivity (Wildman–Crippen MR) is 423 cm³/mol. The van der Waals surface area contributed by atoms with E-state index in [9.17, 15) is 85.3 Å². The highest BCUT2D eigenvalue weighted by molar-refractivity contribution is 5.98. The number of nitrogens with zero attached hydrogens (tertiary/aromatic N) is 2. The summed E-state index contributed by atoms with van der Waals surface area (Å²) in [5, 5.41) is 145. The second-order valence-corrected chi connectivity index (χ2v) is 31.3. The van der Waals surface area contributed by atoms with E-state index in [0.29, 0.717) is 41.0 Å². The van der Waals surface area contributed by atoms with E-state index in [4.69, 9.17) is 33.2 Å². The van der Waals surface area contributed by atoms with E-state index in [-0.39, 0.29) is 23.5 Å². The third-order valence-electron chi connectivity index (χ3n) is 22.0. The molecule has 15 N–H and O–H groups in total. The van der Waals surface area contributed by atoms with Crippen molar-refractivity contribution >= 4 is 41.0 Å². The molecule has 0 aliphatic carbocycles. The van der Waals surface area contributed by atoms with E-state index in [2.05, 4.69) is 29.8 Å². The third-order valence-corrected chi connectivity index (χ3v) is 22.0. The van der Waals surface area contributed by atoms with Gasteiger partial charge in [-0.1, -0.05) is 198 Å². The van der Waals surface area contributed by atoms with E-state index in [1.807, 2.05) is 80.5 Å². The van der Waals surface area contributed by atoms with Gasteiger partial charge in [-0.05, 0) is 49.1 Å². The molecule has 29 heteroatoms. The van der Waals surface area contributed by atoms with Gasteiger partial charge in [0.05, 0.1) is 55.8 Å². The Morgan fingerprint density at radius 1 is 0.611 bits per heavy atom. The van der Waals surface area contributed by atoms with E-state index < -0.39 is 172 Å². The van der Waals surface area contributed by atoms with Crippen LogP contribution in [-0.2, 0) is 42.8 Å². The van der Waals surface area contributed by atoms with Crippen molar-refractivity contribution in [3.8, 4) is 11.5 Å². The van der Waals surface area contributed by atoms with E-state index >= 15 is 0 Å². The SMILES string of the molecule is CCCCCCCCCCCCC/C=C/[C@@H](O)[C@H](CO[C@@H]1O[C@H](CO)[C@@H](O[C@@H]2O[C@H](CO)[C@H](O)[C@H](O[C@]3(C(=O)O)C[C@H](O)[C@@H](NC(C)=O)[C@H]([C@H](O)[C@H](O)CNC(=O)c4ccc(C5c6ccc(N(C)C)cc6Oc6cc(N(C)C)ccc65)c(C(=O)O)c4)O3)[C@H]2O)[C@H](O)[C@H]1O)NC(=O)CCCCCCCCCCCCCCCCC. The molecule has 3 fully saturated rings. The number of rotatable bonds is 51. The van der Waals surface area contributed by atoms with Crippen molar-refractivity contribution < 1.29 is 118 Å². The molecule has 7 rings (SSSR count). The quantitative estimate of drug-likeness (QED) is 0.0148. The van der Waals surface area contributed by atoms with Crippen LogP contribution in [0, 0.1) is 0 Å². The zero-order chi connectivity index (χ0) is 82.3. The molecule has 3 aromatic carbocycles. The summed E-state index contributed by atoms with van der Waals surface area (Å²) in [5.74, 6) is -8.52. The number of anilines is 2. The molecular formula is C84H131N5O24. The molecule has 4 aliphatic rings. The summed E-state index contributed by atoms with van der Waals surface area (Å²) in [6.07, 6.45) is 3.49. The summed E-state index contributed by atoms with van der Waals surface area (Å²) in [6, 6.07) is 12.3. The molecule has 0 saturated carbocycles. The first-order chi connectivity index (χ1) is 54.2. The zero-order valence-electron chi connectivity index (χ0n) is 67.2. The highest BCUT2D eigenvalue weighted by Gasteiger charge is 2.60. The highest BCUT2D eigenvalue weighted by atomic mass is 16.8. The molecule has 0 spiro atoms. The Balaban J connectivity index is 0.994. The molecule has 3 saturated heterocycles. The van der Waals surface area contributed by atoms with Gasteiger partial charge in [-0.2, -0.15) is 0 Å². The second-order valence-electron chi connectivity index (χ2n) is 31.3. The van der Waals surface area contributed by atoms with Crippen molar-refractivity contribution in [1.29, 1.82) is 0 Å². The van der Waals surface area contributed by atoms with Crippen molar-refractivity contribution in [3.05, 3.63) is 94.6 Å². The number of aliphatic hydroxyl groups is 10. The number of carbonyl (C=O) groups is 5. The van der Waals surface area contributed by atoms with Gasteiger partial charge >= 0.3 is 11.9 Å². The number of hydrogen-bond donors (Lipinski definition) is 15. The van der Waals surface area contributed by atoms with E-state index in [1.54, 1.807) is 6.08 Å². The average Bonchev–Trinajstić information content (AvgIpc) is 0.770. The average molecular weight is 1590 g/mol. The summed E-state index contributed by atoms with van der Waals surface area (Å²) in [6.45, 7) is 2.14. The summed E-state index contributed by atoms with van der Waals surface area (Å²) in [5.41, 5.74) is 2.80. The van der Waals surface area contributed by atoms with Crippen LogP contribution >= 0.6 is 0 Å². The van der Waals surface area contributed by atoms with Crippen molar-refractivity contribution in [1.82, 2.24) is 16.0 Å². The van der Waals surface area contributed by atoms with Crippen LogP contribution < -0.4 is 30.5 Å².